The lowest BCUT2D eigenvalue weighted by atomic mass is 10.1. The molecule has 0 saturated carbocycles. The monoisotopic (exact) mass is 178 g/mol. The second-order valence-corrected chi connectivity index (χ2v) is 3.43. The smallest absolute Gasteiger partial charge is 0.0562 e. The average molecular weight is 178 g/mol. The van der Waals surface area contributed by atoms with E-state index < -0.39 is 0 Å². The lowest BCUT2D eigenvalue weighted by Crippen LogP contribution is -2.10. The van der Waals surface area contributed by atoms with Crippen LogP contribution >= 0.6 is 0 Å². The molecule has 70 valence electrons. The minimum Gasteiger partial charge on any atom is -0.381 e. The molecule has 0 amide bonds. The van der Waals surface area contributed by atoms with Gasteiger partial charge in [-0.3, -0.25) is 4.68 Å². The Hall–Kier alpha value is -1.09. The first kappa shape index (κ1) is 8.51. The van der Waals surface area contributed by atoms with E-state index in [1.165, 1.54) is 0 Å². The van der Waals surface area contributed by atoms with Crippen molar-refractivity contribution in [1.29, 1.82) is 0 Å². The molecule has 2 rings (SSSR count). The number of hydrogen-bond donors (Lipinski definition) is 0. The van der Waals surface area contributed by atoms with Crippen molar-refractivity contribution in [1.82, 2.24) is 9.78 Å². The van der Waals surface area contributed by atoms with Crippen LogP contribution in [0.3, 0.4) is 0 Å². The fraction of sp³-hybridized carbons (Fsp3) is 0.500. The summed E-state index contributed by atoms with van der Waals surface area (Å²) in [5, 5.41) is 4.24. The summed E-state index contributed by atoms with van der Waals surface area (Å²) in [4.78, 5) is 0. The van der Waals surface area contributed by atoms with E-state index in [1.54, 1.807) is 0 Å². The van der Waals surface area contributed by atoms with Crippen molar-refractivity contribution in [3.05, 3.63) is 24.5 Å². The van der Waals surface area contributed by atoms with E-state index in [2.05, 4.69) is 11.7 Å². The van der Waals surface area contributed by atoms with Crippen LogP contribution in [0.25, 0.3) is 6.08 Å². The number of nitrogens with zero attached hydrogens (tertiary/aromatic N) is 2. The average Bonchev–Trinajstić information content (AvgIpc) is 2.76. The summed E-state index contributed by atoms with van der Waals surface area (Å²) < 4.78 is 7.27. The van der Waals surface area contributed by atoms with Gasteiger partial charge >= 0.3 is 0 Å². The van der Waals surface area contributed by atoms with Crippen molar-refractivity contribution in [2.75, 3.05) is 13.2 Å². The fourth-order valence-corrected chi connectivity index (χ4v) is 1.58. The van der Waals surface area contributed by atoms with E-state index in [9.17, 15) is 0 Å². The molecule has 1 atom stereocenters. The van der Waals surface area contributed by atoms with Gasteiger partial charge in [0, 0.05) is 30.8 Å². The Kier molecular flexibility index (Phi) is 2.45. The van der Waals surface area contributed by atoms with Crippen LogP contribution in [0.15, 0.2) is 19.0 Å². The molecule has 1 aliphatic rings. The van der Waals surface area contributed by atoms with Crippen LogP contribution in [0, 0.1) is 5.92 Å². The van der Waals surface area contributed by atoms with Gasteiger partial charge in [-0.15, -0.1) is 0 Å². The normalized spacial score (nSPS) is 22.0. The first-order chi connectivity index (χ1) is 6.38. The quantitative estimate of drug-likeness (QED) is 0.702. The van der Waals surface area contributed by atoms with E-state index >= 15 is 0 Å². The molecule has 1 aromatic heterocycles. The highest BCUT2D eigenvalue weighted by molar-refractivity contribution is 5.43. The molecular formula is C10H14N2O. The van der Waals surface area contributed by atoms with Crippen molar-refractivity contribution < 1.29 is 4.74 Å². The third kappa shape index (κ3) is 1.98. The first-order valence-electron chi connectivity index (χ1n) is 4.61. The molecule has 2 heterocycles. The maximum atomic E-state index is 5.30. The molecule has 3 heteroatoms. The van der Waals surface area contributed by atoms with E-state index in [1.807, 2.05) is 23.2 Å². The van der Waals surface area contributed by atoms with Crippen LogP contribution in [0.5, 0.6) is 0 Å². The summed E-state index contributed by atoms with van der Waals surface area (Å²) in [5.41, 5.74) is 1.08. The molecular weight excluding hydrogens is 164 g/mol. The Labute approximate surface area is 78.0 Å². The first-order valence-corrected chi connectivity index (χ1v) is 4.61. The lowest BCUT2D eigenvalue weighted by molar-refractivity contribution is 0.181. The molecule has 0 N–H and O–H groups in total. The Morgan fingerprint density at radius 3 is 3.31 bits per heavy atom. The molecule has 3 nitrogen and oxygen atoms in total. The van der Waals surface area contributed by atoms with Crippen LogP contribution in [-0.4, -0.2) is 23.0 Å². The Morgan fingerprint density at radius 2 is 2.69 bits per heavy atom. The molecule has 0 spiro atoms. The lowest BCUT2D eigenvalue weighted by Gasteiger charge is -2.06. The zero-order valence-corrected chi connectivity index (χ0v) is 7.65. The summed E-state index contributed by atoms with van der Waals surface area (Å²) in [6.45, 7) is 6.45. The molecule has 0 aliphatic carbocycles. The summed E-state index contributed by atoms with van der Waals surface area (Å²) in [7, 11) is 0. The number of aromatic nitrogens is 2. The van der Waals surface area contributed by atoms with Gasteiger partial charge in [0.25, 0.3) is 0 Å². The van der Waals surface area contributed by atoms with E-state index in [4.69, 9.17) is 4.74 Å². The van der Waals surface area contributed by atoms with Crippen molar-refractivity contribution >= 4 is 6.08 Å². The second-order valence-electron chi connectivity index (χ2n) is 3.43. The van der Waals surface area contributed by atoms with Crippen molar-refractivity contribution in [2.45, 2.75) is 13.0 Å². The number of ether oxygens (including phenoxy) is 1. The van der Waals surface area contributed by atoms with Gasteiger partial charge in [-0.05, 0) is 6.42 Å². The van der Waals surface area contributed by atoms with Gasteiger partial charge in [-0.1, -0.05) is 12.7 Å². The standard InChI is InChI=1S/C10H14N2O/c1-2-9-5-11-12(6-9)7-10-3-4-13-8-10/h2,5-6,10H,1,3-4,7-8H2/t10-/m1/s1. The van der Waals surface area contributed by atoms with Gasteiger partial charge in [0.2, 0.25) is 0 Å². The molecule has 1 aliphatic heterocycles. The molecule has 0 unspecified atom stereocenters. The van der Waals surface area contributed by atoms with E-state index in [0.717, 1.165) is 31.7 Å². The van der Waals surface area contributed by atoms with E-state index in [-0.39, 0.29) is 0 Å². The SMILES string of the molecule is C=Cc1cnn(C[C@H]2CCOC2)c1. The second kappa shape index (κ2) is 3.75. The Balaban J connectivity index is 1.96. The maximum absolute atomic E-state index is 5.30. The molecule has 1 fully saturated rings. The number of hydrogen-bond acceptors (Lipinski definition) is 2. The summed E-state index contributed by atoms with van der Waals surface area (Å²) in [6, 6.07) is 0. The van der Waals surface area contributed by atoms with Gasteiger partial charge in [-0.2, -0.15) is 5.10 Å². The van der Waals surface area contributed by atoms with E-state index in [0.29, 0.717) is 5.92 Å². The third-order valence-electron chi connectivity index (χ3n) is 2.36. The molecule has 0 bridgehead atoms. The topological polar surface area (TPSA) is 27.1 Å². The summed E-state index contributed by atoms with van der Waals surface area (Å²) in [6.07, 6.45) is 6.83. The van der Waals surface area contributed by atoms with Crippen molar-refractivity contribution in [3.63, 3.8) is 0 Å². The fourth-order valence-electron chi connectivity index (χ4n) is 1.58. The van der Waals surface area contributed by atoms with Crippen LogP contribution in [0.2, 0.25) is 0 Å². The predicted octanol–water partition coefficient (Wildman–Crippen LogP) is 1.56. The Morgan fingerprint density at radius 1 is 1.77 bits per heavy atom. The highest BCUT2D eigenvalue weighted by Crippen LogP contribution is 2.14. The minimum absolute atomic E-state index is 0.637. The van der Waals surface area contributed by atoms with Gasteiger partial charge in [0.15, 0.2) is 0 Å². The molecule has 0 radical (unpaired) electrons. The summed E-state index contributed by atoms with van der Waals surface area (Å²) >= 11 is 0. The van der Waals surface area contributed by atoms with Crippen LogP contribution in [0.4, 0.5) is 0 Å². The summed E-state index contributed by atoms with van der Waals surface area (Å²) in [5.74, 6) is 0.637. The zero-order valence-electron chi connectivity index (χ0n) is 7.65. The van der Waals surface area contributed by atoms with Crippen LogP contribution < -0.4 is 0 Å². The maximum Gasteiger partial charge on any atom is 0.0562 e. The predicted molar refractivity (Wildman–Crippen MR) is 51.2 cm³/mol. The zero-order chi connectivity index (χ0) is 9.10. The number of rotatable bonds is 3. The van der Waals surface area contributed by atoms with Crippen LogP contribution in [0.1, 0.15) is 12.0 Å². The van der Waals surface area contributed by atoms with Crippen molar-refractivity contribution in [3.8, 4) is 0 Å². The molecule has 13 heavy (non-hydrogen) atoms. The highest BCUT2D eigenvalue weighted by atomic mass is 16.5. The highest BCUT2D eigenvalue weighted by Gasteiger charge is 2.16. The van der Waals surface area contributed by atoms with Crippen LogP contribution in [-0.2, 0) is 11.3 Å². The largest absolute Gasteiger partial charge is 0.381 e. The molecule has 0 aromatic carbocycles. The van der Waals surface area contributed by atoms with Gasteiger partial charge in [0.1, 0.15) is 0 Å². The third-order valence-corrected chi connectivity index (χ3v) is 2.36. The van der Waals surface area contributed by atoms with Gasteiger partial charge in [-0.25, -0.2) is 0 Å². The van der Waals surface area contributed by atoms with Crippen molar-refractivity contribution in [2.24, 2.45) is 5.92 Å². The van der Waals surface area contributed by atoms with Gasteiger partial charge in [0.05, 0.1) is 12.8 Å². The minimum atomic E-state index is 0.637. The Bertz CT molecular complexity index is 287. The van der Waals surface area contributed by atoms with Gasteiger partial charge < -0.3 is 4.74 Å². The molecule has 1 saturated heterocycles. The molecule has 1 aromatic rings.